The molecule has 34 heavy (non-hydrogen) atoms. The minimum atomic E-state index is -3.82. The summed E-state index contributed by atoms with van der Waals surface area (Å²) in [6.45, 7) is 3.55. The van der Waals surface area contributed by atoms with E-state index in [9.17, 15) is 8.42 Å². The molecule has 4 aromatic rings. The Labute approximate surface area is 199 Å². The lowest BCUT2D eigenvalue weighted by Crippen LogP contribution is -2.45. The van der Waals surface area contributed by atoms with Crippen LogP contribution >= 0.6 is 0 Å². The Kier molecular flexibility index (Phi) is 6.08. The predicted octanol–water partition coefficient (Wildman–Crippen LogP) is 4.58. The third kappa shape index (κ3) is 4.83. The van der Waals surface area contributed by atoms with E-state index in [1.165, 1.54) is 12.1 Å². The zero-order valence-electron chi connectivity index (χ0n) is 18.9. The van der Waals surface area contributed by atoms with Crippen LogP contribution in [0.2, 0.25) is 0 Å². The number of nitrogens with one attached hydrogen (secondary N) is 1. The Hall–Kier alpha value is -3.62. The van der Waals surface area contributed by atoms with Gasteiger partial charge in [0.05, 0.1) is 4.90 Å². The van der Waals surface area contributed by atoms with Gasteiger partial charge in [-0.15, -0.1) is 0 Å². The van der Waals surface area contributed by atoms with Crippen molar-refractivity contribution in [3.63, 3.8) is 0 Å². The van der Waals surface area contributed by atoms with Gasteiger partial charge in [0.15, 0.2) is 0 Å². The van der Waals surface area contributed by atoms with Crippen LogP contribution in [-0.2, 0) is 10.0 Å². The van der Waals surface area contributed by atoms with E-state index in [1.54, 1.807) is 18.2 Å². The first-order valence-corrected chi connectivity index (χ1v) is 12.7. The summed E-state index contributed by atoms with van der Waals surface area (Å²) in [6.07, 6.45) is 0. The number of para-hydroxylation sites is 1. The number of anilines is 2. The van der Waals surface area contributed by atoms with Crippen LogP contribution in [0.1, 0.15) is 0 Å². The Morgan fingerprint density at radius 3 is 2.21 bits per heavy atom. The molecule has 174 valence electrons. The van der Waals surface area contributed by atoms with E-state index in [2.05, 4.69) is 21.6 Å². The quantitative estimate of drug-likeness (QED) is 0.441. The van der Waals surface area contributed by atoms with Crippen molar-refractivity contribution in [2.45, 2.75) is 4.90 Å². The van der Waals surface area contributed by atoms with Gasteiger partial charge in [-0.25, -0.2) is 13.4 Å². The SMILES string of the molecule is CN1CCN(c2nc(NS(=O)(=O)c3ccc(Oc4ccccc4)cc3)cc3ccccc23)CC1. The largest absolute Gasteiger partial charge is 0.457 e. The summed E-state index contributed by atoms with van der Waals surface area (Å²) < 4.78 is 34.7. The monoisotopic (exact) mass is 474 g/mol. The summed E-state index contributed by atoms with van der Waals surface area (Å²) in [6, 6.07) is 25.4. The number of hydrogen-bond acceptors (Lipinski definition) is 6. The maximum absolute atomic E-state index is 13.1. The molecule has 0 amide bonds. The molecule has 0 saturated carbocycles. The molecule has 1 aliphatic rings. The summed E-state index contributed by atoms with van der Waals surface area (Å²) in [7, 11) is -1.72. The molecule has 7 nitrogen and oxygen atoms in total. The number of rotatable bonds is 6. The third-order valence-electron chi connectivity index (χ3n) is 5.87. The van der Waals surface area contributed by atoms with Crippen molar-refractivity contribution in [1.29, 1.82) is 0 Å². The van der Waals surface area contributed by atoms with Crippen LogP contribution in [0.15, 0.2) is 89.8 Å². The average molecular weight is 475 g/mol. The van der Waals surface area contributed by atoms with Gasteiger partial charge in [-0.05, 0) is 54.9 Å². The molecule has 1 aromatic heterocycles. The van der Waals surface area contributed by atoms with Crippen LogP contribution in [0.3, 0.4) is 0 Å². The summed E-state index contributed by atoms with van der Waals surface area (Å²) in [5, 5.41) is 1.95. The molecule has 8 heteroatoms. The topological polar surface area (TPSA) is 74.8 Å². The molecule has 0 radical (unpaired) electrons. The van der Waals surface area contributed by atoms with Crippen molar-refractivity contribution >= 4 is 32.4 Å². The van der Waals surface area contributed by atoms with E-state index in [-0.39, 0.29) is 4.90 Å². The minimum Gasteiger partial charge on any atom is -0.457 e. The lowest BCUT2D eigenvalue weighted by molar-refractivity contribution is 0.312. The average Bonchev–Trinajstić information content (AvgIpc) is 2.85. The predicted molar refractivity (Wildman–Crippen MR) is 135 cm³/mol. The molecule has 1 fully saturated rings. The first kappa shape index (κ1) is 22.2. The summed E-state index contributed by atoms with van der Waals surface area (Å²) in [5.41, 5.74) is 0. The standard InChI is InChI=1S/C26H26N4O3S/c1-29-15-17-30(18-16-29)26-24-10-6-5-7-20(24)19-25(27-26)28-34(31,32)23-13-11-22(12-14-23)33-21-8-3-2-4-9-21/h2-14,19H,15-18H2,1H3,(H,27,28). The van der Waals surface area contributed by atoms with E-state index >= 15 is 0 Å². The van der Waals surface area contributed by atoms with Gasteiger partial charge in [0.25, 0.3) is 10.0 Å². The molecule has 0 unspecified atom stereocenters. The Bertz CT molecular complexity index is 1390. The Morgan fingerprint density at radius 2 is 1.47 bits per heavy atom. The fourth-order valence-corrected chi connectivity index (χ4v) is 4.99. The van der Waals surface area contributed by atoms with Gasteiger partial charge >= 0.3 is 0 Å². The molecule has 1 N–H and O–H groups in total. The van der Waals surface area contributed by atoms with Crippen molar-refractivity contribution in [1.82, 2.24) is 9.88 Å². The first-order valence-electron chi connectivity index (χ1n) is 11.2. The highest BCUT2D eigenvalue weighted by molar-refractivity contribution is 7.92. The van der Waals surface area contributed by atoms with Crippen LogP contribution in [0.4, 0.5) is 11.6 Å². The summed E-state index contributed by atoms with van der Waals surface area (Å²) in [4.78, 5) is 9.36. The molecular weight excluding hydrogens is 448 g/mol. The number of sulfonamides is 1. The van der Waals surface area contributed by atoms with Gasteiger partial charge in [-0.1, -0.05) is 42.5 Å². The molecule has 0 atom stereocenters. The van der Waals surface area contributed by atoms with E-state index < -0.39 is 10.0 Å². The number of fused-ring (bicyclic) bond motifs is 1. The van der Waals surface area contributed by atoms with Crippen molar-refractivity contribution in [3.05, 3.63) is 84.9 Å². The number of aromatic nitrogens is 1. The van der Waals surface area contributed by atoms with Gasteiger partial charge in [-0.2, -0.15) is 0 Å². The highest BCUT2D eigenvalue weighted by Crippen LogP contribution is 2.30. The number of nitrogens with zero attached hydrogens (tertiary/aromatic N) is 3. The second kappa shape index (κ2) is 9.32. The molecule has 2 heterocycles. The van der Waals surface area contributed by atoms with E-state index in [4.69, 9.17) is 9.72 Å². The minimum absolute atomic E-state index is 0.143. The highest BCUT2D eigenvalue weighted by Gasteiger charge is 2.21. The fourth-order valence-electron chi connectivity index (χ4n) is 4.00. The Balaban J connectivity index is 1.40. The Morgan fingerprint density at radius 1 is 0.824 bits per heavy atom. The molecule has 5 rings (SSSR count). The van der Waals surface area contributed by atoms with Gasteiger partial charge in [-0.3, -0.25) is 4.72 Å². The fraction of sp³-hybridized carbons (Fsp3) is 0.192. The molecule has 0 bridgehead atoms. The lowest BCUT2D eigenvalue weighted by atomic mass is 10.1. The summed E-state index contributed by atoms with van der Waals surface area (Å²) in [5.74, 6) is 2.35. The normalized spacial score (nSPS) is 14.8. The van der Waals surface area contributed by atoms with Crippen molar-refractivity contribution in [2.24, 2.45) is 0 Å². The van der Waals surface area contributed by atoms with Crippen LogP contribution in [0.25, 0.3) is 10.8 Å². The zero-order valence-corrected chi connectivity index (χ0v) is 19.7. The molecule has 1 saturated heterocycles. The van der Waals surface area contributed by atoms with Crippen LogP contribution in [0.5, 0.6) is 11.5 Å². The molecule has 3 aromatic carbocycles. The van der Waals surface area contributed by atoms with Gasteiger partial charge < -0.3 is 14.5 Å². The zero-order chi connectivity index (χ0) is 23.5. The van der Waals surface area contributed by atoms with Crippen molar-refractivity contribution < 1.29 is 13.2 Å². The first-order chi connectivity index (χ1) is 16.5. The number of pyridine rings is 1. The summed E-state index contributed by atoms with van der Waals surface area (Å²) >= 11 is 0. The number of ether oxygens (including phenoxy) is 1. The smallest absolute Gasteiger partial charge is 0.263 e. The van der Waals surface area contributed by atoms with Crippen molar-refractivity contribution in [2.75, 3.05) is 42.8 Å². The van der Waals surface area contributed by atoms with E-state index in [1.807, 2.05) is 54.6 Å². The van der Waals surface area contributed by atoms with Crippen LogP contribution in [0, 0.1) is 0 Å². The molecule has 1 aliphatic heterocycles. The van der Waals surface area contributed by atoms with Crippen molar-refractivity contribution in [3.8, 4) is 11.5 Å². The number of likely N-dealkylation sites (N-methyl/N-ethyl adjacent to an activating group) is 1. The van der Waals surface area contributed by atoms with Gasteiger partial charge in [0.1, 0.15) is 23.1 Å². The van der Waals surface area contributed by atoms with Crippen LogP contribution in [-0.4, -0.2) is 51.5 Å². The second-order valence-corrected chi connectivity index (χ2v) is 10.0. The number of benzene rings is 3. The third-order valence-corrected chi connectivity index (χ3v) is 7.25. The highest BCUT2D eigenvalue weighted by atomic mass is 32.2. The molecular formula is C26H26N4O3S. The number of hydrogen-bond donors (Lipinski definition) is 1. The van der Waals surface area contributed by atoms with E-state index in [0.29, 0.717) is 17.3 Å². The molecule has 0 aliphatic carbocycles. The van der Waals surface area contributed by atoms with E-state index in [0.717, 1.165) is 42.8 Å². The van der Waals surface area contributed by atoms with Gasteiger partial charge in [0.2, 0.25) is 0 Å². The molecule has 0 spiro atoms. The maximum atomic E-state index is 13.1. The van der Waals surface area contributed by atoms with Gasteiger partial charge in [0, 0.05) is 31.6 Å². The maximum Gasteiger partial charge on any atom is 0.263 e. The van der Waals surface area contributed by atoms with Crippen LogP contribution < -0.4 is 14.4 Å². The lowest BCUT2D eigenvalue weighted by Gasteiger charge is -2.34. The number of piperazine rings is 1. The second-order valence-electron chi connectivity index (χ2n) is 8.33.